The highest BCUT2D eigenvalue weighted by Gasteiger charge is 1.99. The number of sulfone groups is 1. The van der Waals surface area contributed by atoms with Gasteiger partial charge in [-0.2, -0.15) is 0 Å². The average Bonchev–Trinajstić information content (AvgIpc) is 1.93. The highest BCUT2D eigenvalue weighted by Crippen LogP contribution is 1.88. The molecule has 0 bridgehead atoms. The van der Waals surface area contributed by atoms with E-state index in [-0.39, 0.29) is 5.75 Å². The first-order valence-corrected chi connectivity index (χ1v) is 6.49. The molecule has 0 fully saturated rings. The van der Waals surface area contributed by atoms with E-state index in [2.05, 4.69) is 11.4 Å². The molecule has 0 saturated carbocycles. The van der Waals surface area contributed by atoms with E-state index in [0.29, 0.717) is 6.42 Å². The Morgan fingerprint density at radius 1 is 1.38 bits per heavy atom. The minimum Gasteiger partial charge on any atom is -0.313 e. The Hall–Kier alpha value is -0.350. The minimum atomic E-state index is -2.78. The van der Waals surface area contributed by atoms with Crippen LogP contribution in [0.4, 0.5) is 0 Å². The van der Waals surface area contributed by atoms with Crippen LogP contribution in [-0.4, -0.2) is 33.5 Å². The molecule has 0 saturated heterocycles. The third-order valence-electron chi connectivity index (χ3n) is 1.52. The van der Waals surface area contributed by atoms with Gasteiger partial charge in [0.15, 0.2) is 0 Å². The van der Waals surface area contributed by atoms with Crippen LogP contribution in [0.25, 0.3) is 0 Å². The predicted molar refractivity (Wildman–Crippen MR) is 56.6 cm³/mol. The lowest BCUT2D eigenvalue weighted by Crippen LogP contribution is -2.18. The lowest BCUT2D eigenvalue weighted by Gasteiger charge is -2.00. The number of nitrogens with one attached hydrogen (secondary N) is 1. The molecule has 0 aromatic carbocycles. The molecule has 13 heavy (non-hydrogen) atoms. The van der Waals surface area contributed by atoms with Crippen LogP contribution in [0.15, 0.2) is 11.6 Å². The van der Waals surface area contributed by atoms with Crippen LogP contribution in [0.2, 0.25) is 0 Å². The van der Waals surface area contributed by atoms with Gasteiger partial charge in [-0.05, 0) is 26.8 Å². The first kappa shape index (κ1) is 12.7. The molecule has 0 amide bonds. The van der Waals surface area contributed by atoms with Gasteiger partial charge >= 0.3 is 0 Å². The van der Waals surface area contributed by atoms with Crippen molar-refractivity contribution in [2.75, 3.05) is 25.1 Å². The van der Waals surface area contributed by atoms with Crippen LogP contribution >= 0.6 is 0 Å². The van der Waals surface area contributed by atoms with Crippen LogP contribution < -0.4 is 5.32 Å². The van der Waals surface area contributed by atoms with Gasteiger partial charge in [0.25, 0.3) is 0 Å². The Balaban J connectivity index is 3.33. The summed E-state index contributed by atoms with van der Waals surface area (Å²) in [5, 5.41) is 3.15. The van der Waals surface area contributed by atoms with Gasteiger partial charge in [0.2, 0.25) is 0 Å². The Morgan fingerprint density at radius 3 is 2.46 bits per heavy atom. The summed E-state index contributed by atoms with van der Waals surface area (Å²) in [7, 11) is -2.78. The normalized spacial score (nSPS) is 11.3. The van der Waals surface area contributed by atoms with E-state index in [4.69, 9.17) is 0 Å². The second kappa shape index (κ2) is 6.16. The standard InChI is InChI=1S/C9H19NO2S/c1-9(2)5-7-10-6-4-8-13(3,11)12/h5,10H,4,6-8H2,1-3H3. The fraction of sp³-hybridized carbons (Fsp3) is 0.778. The van der Waals surface area contributed by atoms with Crippen LogP contribution in [0.3, 0.4) is 0 Å². The lowest BCUT2D eigenvalue weighted by atomic mass is 10.3. The number of hydrogen-bond donors (Lipinski definition) is 1. The van der Waals surface area contributed by atoms with Gasteiger partial charge < -0.3 is 5.32 Å². The molecular formula is C9H19NO2S. The SMILES string of the molecule is CC(C)=CCNCCCS(C)(=O)=O. The second-order valence-electron chi connectivity index (χ2n) is 3.47. The summed E-state index contributed by atoms with van der Waals surface area (Å²) in [5.41, 5.74) is 1.27. The van der Waals surface area contributed by atoms with Crippen molar-refractivity contribution < 1.29 is 8.42 Å². The molecule has 0 aromatic heterocycles. The van der Waals surface area contributed by atoms with Crippen molar-refractivity contribution in [3.8, 4) is 0 Å². The van der Waals surface area contributed by atoms with Crippen LogP contribution in [0.5, 0.6) is 0 Å². The topological polar surface area (TPSA) is 46.2 Å². The van der Waals surface area contributed by atoms with Crippen LogP contribution in [0, 0.1) is 0 Å². The summed E-state index contributed by atoms with van der Waals surface area (Å²) < 4.78 is 21.5. The molecule has 0 unspecified atom stereocenters. The minimum absolute atomic E-state index is 0.273. The molecule has 0 aliphatic carbocycles. The fourth-order valence-electron chi connectivity index (χ4n) is 0.838. The maximum absolute atomic E-state index is 10.7. The summed E-state index contributed by atoms with van der Waals surface area (Å²) in [6.07, 6.45) is 4.04. The van der Waals surface area contributed by atoms with Crippen LogP contribution in [0.1, 0.15) is 20.3 Å². The highest BCUT2D eigenvalue weighted by atomic mass is 32.2. The predicted octanol–water partition coefficient (Wildman–Crippen LogP) is 0.977. The third-order valence-corrected chi connectivity index (χ3v) is 2.55. The van der Waals surface area contributed by atoms with Gasteiger partial charge in [-0.1, -0.05) is 11.6 Å². The van der Waals surface area contributed by atoms with Gasteiger partial charge in [-0.15, -0.1) is 0 Å². The van der Waals surface area contributed by atoms with Crippen LogP contribution in [-0.2, 0) is 9.84 Å². The number of rotatable bonds is 6. The largest absolute Gasteiger partial charge is 0.313 e. The summed E-state index contributed by atoms with van der Waals surface area (Å²) in [6, 6.07) is 0. The molecule has 78 valence electrons. The van der Waals surface area contributed by atoms with E-state index in [0.717, 1.165) is 13.1 Å². The second-order valence-corrected chi connectivity index (χ2v) is 5.73. The van der Waals surface area contributed by atoms with E-state index >= 15 is 0 Å². The van der Waals surface area contributed by atoms with Gasteiger partial charge in [0, 0.05) is 12.8 Å². The van der Waals surface area contributed by atoms with Crippen molar-refractivity contribution in [1.82, 2.24) is 5.32 Å². The van der Waals surface area contributed by atoms with Crippen molar-refractivity contribution in [3.63, 3.8) is 0 Å². The molecule has 0 rings (SSSR count). The van der Waals surface area contributed by atoms with Gasteiger partial charge in [-0.25, -0.2) is 8.42 Å². The van der Waals surface area contributed by atoms with E-state index in [1.807, 2.05) is 13.8 Å². The smallest absolute Gasteiger partial charge is 0.147 e. The first-order valence-electron chi connectivity index (χ1n) is 4.43. The summed E-state index contributed by atoms with van der Waals surface area (Å²) >= 11 is 0. The zero-order chi connectivity index (χ0) is 10.3. The molecule has 0 aromatic rings. The maximum Gasteiger partial charge on any atom is 0.147 e. The van der Waals surface area contributed by atoms with E-state index < -0.39 is 9.84 Å². The molecule has 0 heterocycles. The van der Waals surface area contributed by atoms with Crippen molar-refractivity contribution in [1.29, 1.82) is 0 Å². The quantitative estimate of drug-likeness (QED) is 0.519. The summed E-state index contributed by atoms with van der Waals surface area (Å²) in [6.45, 7) is 5.67. The summed E-state index contributed by atoms with van der Waals surface area (Å²) in [4.78, 5) is 0. The molecular weight excluding hydrogens is 186 g/mol. The molecule has 3 nitrogen and oxygen atoms in total. The van der Waals surface area contributed by atoms with Gasteiger partial charge in [0.1, 0.15) is 9.84 Å². The highest BCUT2D eigenvalue weighted by molar-refractivity contribution is 7.90. The fourth-order valence-corrected chi connectivity index (χ4v) is 1.51. The molecule has 0 atom stereocenters. The Bertz CT molecular complexity index is 251. The van der Waals surface area contributed by atoms with Gasteiger partial charge in [0.05, 0.1) is 5.75 Å². The zero-order valence-electron chi connectivity index (χ0n) is 8.63. The number of hydrogen-bond acceptors (Lipinski definition) is 3. The van der Waals surface area contributed by atoms with E-state index in [9.17, 15) is 8.42 Å². The Labute approximate surface area is 81.1 Å². The maximum atomic E-state index is 10.7. The Kier molecular flexibility index (Phi) is 5.99. The van der Waals surface area contributed by atoms with Crippen molar-refractivity contribution in [2.24, 2.45) is 0 Å². The molecule has 0 aliphatic rings. The Morgan fingerprint density at radius 2 is 2.00 bits per heavy atom. The molecule has 0 radical (unpaired) electrons. The molecule has 1 N–H and O–H groups in total. The average molecular weight is 205 g/mol. The first-order chi connectivity index (χ1) is 5.92. The third kappa shape index (κ3) is 11.7. The molecule has 4 heteroatoms. The molecule has 0 aliphatic heterocycles. The van der Waals surface area contributed by atoms with Crippen molar-refractivity contribution in [3.05, 3.63) is 11.6 Å². The monoisotopic (exact) mass is 205 g/mol. The van der Waals surface area contributed by atoms with E-state index in [1.165, 1.54) is 11.8 Å². The number of allylic oxidation sites excluding steroid dienone is 1. The lowest BCUT2D eigenvalue weighted by molar-refractivity contribution is 0.596. The van der Waals surface area contributed by atoms with Crippen molar-refractivity contribution in [2.45, 2.75) is 20.3 Å². The zero-order valence-corrected chi connectivity index (χ0v) is 9.45. The van der Waals surface area contributed by atoms with E-state index in [1.54, 1.807) is 0 Å². The molecule has 0 spiro atoms. The van der Waals surface area contributed by atoms with Gasteiger partial charge in [-0.3, -0.25) is 0 Å². The summed E-state index contributed by atoms with van der Waals surface area (Å²) in [5.74, 6) is 0.273. The van der Waals surface area contributed by atoms with Crippen molar-refractivity contribution >= 4 is 9.84 Å².